The molecule has 1 aromatic heterocycles. The van der Waals surface area contributed by atoms with E-state index in [-0.39, 0.29) is 48.0 Å². The van der Waals surface area contributed by atoms with E-state index in [1.165, 1.54) is 35.0 Å². The van der Waals surface area contributed by atoms with Crippen LogP contribution in [0.1, 0.15) is 39.6 Å². The Morgan fingerprint density at radius 2 is 1.63 bits per heavy atom. The highest BCUT2D eigenvalue weighted by atomic mass is 19.2. The van der Waals surface area contributed by atoms with Gasteiger partial charge in [0.1, 0.15) is 24.6 Å². The van der Waals surface area contributed by atoms with E-state index in [9.17, 15) is 27.2 Å². The first-order chi connectivity index (χ1) is 19.7. The lowest BCUT2D eigenvalue weighted by Gasteiger charge is -2.50. The Morgan fingerprint density at radius 1 is 0.902 bits per heavy atom. The zero-order valence-corrected chi connectivity index (χ0v) is 21.7. The van der Waals surface area contributed by atoms with Crippen molar-refractivity contribution in [2.75, 3.05) is 18.7 Å². The molecule has 0 fully saturated rings. The van der Waals surface area contributed by atoms with Gasteiger partial charge in [-0.3, -0.25) is 19.3 Å². The first-order valence-corrected chi connectivity index (χ1v) is 12.8. The maximum absolute atomic E-state index is 14.7. The van der Waals surface area contributed by atoms with E-state index >= 15 is 0 Å². The summed E-state index contributed by atoms with van der Waals surface area (Å²) in [6, 6.07) is 14.2. The van der Waals surface area contributed by atoms with Gasteiger partial charge in [-0.15, -0.1) is 0 Å². The van der Waals surface area contributed by atoms with Crippen molar-refractivity contribution in [2.24, 2.45) is 0 Å². The fraction of sp³-hybridized carbons (Fsp3) is 0.200. The summed E-state index contributed by atoms with van der Waals surface area (Å²) >= 11 is 0. The Morgan fingerprint density at radius 3 is 2.39 bits per heavy atom. The Balaban J connectivity index is 1.58. The SMILES string of the molecule is CN1C(=O)c2c(OCc3ccccc3)c(=O)ccn2N2[C@H](c3ccc(F)c(F)c3)c3cc(F)c(F)cc3OCC[C@@H]12. The van der Waals surface area contributed by atoms with Crippen molar-refractivity contribution in [1.29, 1.82) is 0 Å². The lowest BCUT2D eigenvalue weighted by molar-refractivity contribution is 0.0569. The number of pyridine rings is 1. The number of carbonyl (C=O) groups excluding carboxylic acids is 1. The molecule has 0 spiro atoms. The minimum absolute atomic E-state index is 0.000202. The molecular formula is C30H23F4N3O4. The molecule has 41 heavy (non-hydrogen) atoms. The van der Waals surface area contributed by atoms with E-state index in [0.717, 1.165) is 29.8 Å². The average Bonchev–Trinajstić information content (AvgIpc) is 2.95. The van der Waals surface area contributed by atoms with Crippen LogP contribution in [0.25, 0.3) is 0 Å². The van der Waals surface area contributed by atoms with E-state index in [1.54, 1.807) is 17.1 Å². The molecule has 0 aliphatic carbocycles. The topological polar surface area (TPSA) is 64.0 Å². The summed E-state index contributed by atoms with van der Waals surface area (Å²) in [7, 11) is 1.53. The van der Waals surface area contributed by atoms with E-state index < -0.39 is 46.8 Å². The number of carbonyl (C=O) groups is 1. The average molecular weight is 566 g/mol. The van der Waals surface area contributed by atoms with Crippen LogP contribution in [0.4, 0.5) is 17.6 Å². The molecule has 0 radical (unpaired) electrons. The van der Waals surface area contributed by atoms with Crippen molar-refractivity contribution >= 4 is 5.91 Å². The van der Waals surface area contributed by atoms with Crippen molar-refractivity contribution in [1.82, 2.24) is 9.58 Å². The number of rotatable bonds is 4. The highest BCUT2D eigenvalue weighted by Crippen LogP contribution is 2.41. The Kier molecular flexibility index (Phi) is 6.64. The zero-order valence-electron chi connectivity index (χ0n) is 21.7. The molecule has 0 saturated carbocycles. The number of aromatic nitrogens is 1. The highest BCUT2D eigenvalue weighted by Gasteiger charge is 2.44. The van der Waals surface area contributed by atoms with Gasteiger partial charge in [-0.25, -0.2) is 17.6 Å². The van der Waals surface area contributed by atoms with E-state index in [4.69, 9.17) is 9.47 Å². The summed E-state index contributed by atoms with van der Waals surface area (Å²) in [5.41, 5.74) is 0.397. The molecule has 2 atom stereocenters. The summed E-state index contributed by atoms with van der Waals surface area (Å²) in [5, 5.41) is 1.64. The number of hydrogen-bond acceptors (Lipinski definition) is 5. The van der Waals surface area contributed by atoms with Gasteiger partial charge < -0.3 is 14.4 Å². The number of fused-ring (bicyclic) bond motifs is 4. The molecule has 6 rings (SSSR count). The lowest BCUT2D eigenvalue weighted by atomic mass is 9.94. The van der Waals surface area contributed by atoms with E-state index in [0.29, 0.717) is 0 Å². The molecule has 3 heterocycles. The number of benzene rings is 3. The molecule has 4 aromatic rings. The molecular weight excluding hydrogens is 542 g/mol. The number of nitrogens with zero attached hydrogens (tertiary/aromatic N) is 3. The van der Waals surface area contributed by atoms with Crippen LogP contribution in [0, 0.1) is 23.3 Å². The molecule has 1 amide bonds. The van der Waals surface area contributed by atoms with Crippen LogP contribution in [0.2, 0.25) is 0 Å². The molecule has 0 bridgehead atoms. The van der Waals surface area contributed by atoms with Crippen molar-refractivity contribution in [3.8, 4) is 11.5 Å². The molecule has 210 valence electrons. The first-order valence-electron chi connectivity index (χ1n) is 12.8. The van der Waals surface area contributed by atoms with Gasteiger partial charge >= 0.3 is 0 Å². The summed E-state index contributed by atoms with van der Waals surface area (Å²) < 4.78 is 70.7. The van der Waals surface area contributed by atoms with Gasteiger partial charge in [0.05, 0.1) is 6.61 Å². The fourth-order valence-corrected chi connectivity index (χ4v) is 5.33. The predicted molar refractivity (Wildman–Crippen MR) is 140 cm³/mol. The molecule has 7 nitrogen and oxygen atoms in total. The Bertz CT molecular complexity index is 1710. The minimum atomic E-state index is -1.18. The Hall–Kier alpha value is -4.80. The molecule has 0 saturated heterocycles. The third-order valence-corrected chi connectivity index (χ3v) is 7.29. The van der Waals surface area contributed by atoms with Gasteiger partial charge in [0.2, 0.25) is 5.43 Å². The van der Waals surface area contributed by atoms with Gasteiger partial charge in [-0.2, -0.15) is 0 Å². The minimum Gasteiger partial charge on any atom is -0.493 e. The van der Waals surface area contributed by atoms with Crippen LogP contribution in [-0.4, -0.2) is 35.3 Å². The molecule has 0 N–H and O–H groups in total. The fourth-order valence-electron chi connectivity index (χ4n) is 5.33. The summed E-state index contributed by atoms with van der Waals surface area (Å²) in [6.45, 7) is 0.0233. The first kappa shape index (κ1) is 26.4. The maximum Gasteiger partial charge on any atom is 0.277 e. The van der Waals surface area contributed by atoms with Crippen LogP contribution in [0.15, 0.2) is 77.7 Å². The van der Waals surface area contributed by atoms with Gasteiger partial charge in [0.15, 0.2) is 34.7 Å². The second-order valence-corrected chi connectivity index (χ2v) is 9.77. The van der Waals surface area contributed by atoms with Crippen molar-refractivity contribution in [3.63, 3.8) is 0 Å². The zero-order chi connectivity index (χ0) is 28.8. The van der Waals surface area contributed by atoms with Crippen molar-refractivity contribution < 1.29 is 31.8 Å². The van der Waals surface area contributed by atoms with Crippen LogP contribution in [-0.2, 0) is 6.61 Å². The van der Waals surface area contributed by atoms with E-state index in [2.05, 4.69) is 0 Å². The van der Waals surface area contributed by atoms with Crippen molar-refractivity contribution in [3.05, 3.63) is 129 Å². The number of ether oxygens (including phenoxy) is 2. The second kappa shape index (κ2) is 10.3. The second-order valence-electron chi connectivity index (χ2n) is 9.77. The van der Waals surface area contributed by atoms with E-state index in [1.807, 2.05) is 18.2 Å². The van der Waals surface area contributed by atoms with Crippen LogP contribution < -0.4 is 19.9 Å². The van der Waals surface area contributed by atoms with Gasteiger partial charge in [-0.1, -0.05) is 36.4 Å². The standard InChI is InChI=1S/C30H23F4N3O4/c1-35-26-10-12-40-25-15-23(34)22(33)14-19(25)27(18-7-8-20(31)21(32)13-18)37(26)36-11-9-24(38)29(28(36)30(35)39)41-16-17-5-3-2-4-6-17/h2-9,11,13-15,26-27H,10,12,16H2,1H3/t26-,27+/m0/s1. The summed E-state index contributed by atoms with van der Waals surface area (Å²) in [5.74, 6) is -5.30. The number of halogens is 4. The summed E-state index contributed by atoms with van der Waals surface area (Å²) in [4.78, 5) is 28.2. The third kappa shape index (κ3) is 4.56. The lowest BCUT2D eigenvalue weighted by Crippen LogP contribution is -2.62. The largest absolute Gasteiger partial charge is 0.493 e. The van der Waals surface area contributed by atoms with Gasteiger partial charge in [0.25, 0.3) is 5.91 Å². The molecule has 3 aromatic carbocycles. The van der Waals surface area contributed by atoms with Crippen LogP contribution in [0.5, 0.6) is 11.5 Å². The molecule has 2 aliphatic rings. The number of amides is 1. The van der Waals surface area contributed by atoms with Crippen LogP contribution >= 0.6 is 0 Å². The predicted octanol–water partition coefficient (Wildman–Crippen LogP) is 4.91. The maximum atomic E-state index is 14.7. The number of hydrogen-bond donors (Lipinski definition) is 0. The monoisotopic (exact) mass is 565 g/mol. The smallest absolute Gasteiger partial charge is 0.277 e. The molecule has 11 heteroatoms. The van der Waals surface area contributed by atoms with Gasteiger partial charge in [-0.05, 0) is 29.3 Å². The van der Waals surface area contributed by atoms with Crippen LogP contribution in [0.3, 0.4) is 0 Å². The highest BCUT2D eigenvalue weighted by molar-refractivity contribution is 5.96. The molecule has 0 unspecified atom stereocenters. The summed E-state index contributed by atoms with van der Waals surface area (Å²) in [6.07, 6.45) is 0.825. The third-order valence-electron chi connectivity index (χ3n) is 7.29. The Labute approximate surface area is 231 Å². The van der Waals surface area contributed by atoms with Gasteiger partial charge in [0, 0.05) is 37.4 Å². The quantitative estimate of drug-likeness (QED) is 0.330. The normalized spacial score (nSPS) is 18.0. The van der Waals surface area contributed by atoms with Crippen molar-refractivity contribution in [2.45, 2.75) is 25.2 Å². The molecule has 2 aliphatic heterocycles.